The molecule has 1 atom stereocenters. The average Bonchev–Trinajstić information content (AvgIpc) is 2.47. The summed E-state index contributed by atoms with van der Waals surface area (Å²) in [6.45, 7) is 11.2. The van der Waals surface area contributed by atoms with Crippen molar-refractivity contribution in [3.63, 3.8) is 0 Å². The molecule has 1 unspecified atom stereocenters. The summed E-state index contributed by atoms with van der Waals surface area (Å²) in [6, 6.07) is 8.80. The van der Waals surface area contributed by atoms with Crippen molar-refractivity contribution in [1.29, 1.82) is 0 Å². The second-order valence-corrected chi connectivity index (χ2v) is 5.99. The molecule has 0 bridgehead atoms. The van der Waals surface area contributed by atoms with Crippen LogP contribution in [0.25, 0.3) is 0 Å². The summed E-state index contributed by atoms with van der Waals surface area (Å²) < 4.78 is 0. The second kappa shape index (κ2) is 7.87. The Balaban J connectivity index is 1.73. The van der Waals surface area contributed by atoms with Gasteiger partial charge in [-0.1, -0.05) is 18.5 Å². The van der Waals surface area contributed by atoms with E-state index >= 15 is 0 Å². The minimum Gasteiger partial charge on any atom is -0.369 e. The monoisotopic (exact) mass is 295 g/mol. The topological polar surface area (TPSA) is 18.5 Å². The maximum absolute atomic E-state index is 5.94. The van der Waals surface area contributed by atoms with Crippen LogP contribution in [0.5, 0.6) is 0 Å². The van der Waals surface area contributed by atoms with Gasteiger partial charge in [0.25, 0.3) is 0 Å². The average molecular weight is 296 g/mol. The van der Waals surface area contributed by atoms with E-state index in [0.29, 0.717) is 6.04 Å². The maximum Gasteiger partial charge on any atom is 0.0407 e. The first-order chi connectivity index (χ1) is 9.69. The number of nitrogens with one attached hydrogen (secondary N) is 1. The molecular weight excluding hydrogens is 270 g/mol. The van der Waals surface area contributed by atoms with Gasteiger partial charge in [0.05, 0.1) is 0 Å². The van der Waals surface area contributed by atoms with Crippen molar-refractivity contribution >= 4 is 17.3 Å². The number of anilines is 1. The van der Waals surface area contributed by atoms with Crippen LogP contribution in [0.3, 0.4) is 0 Å². The van der Waals surface area contributed by atoms with Crippen LogP contribution in [0.1, 0.15) is 20.3 Å². The van der Waals surface area contributed by atoms with Gasteiger partial charge in [-0.15, -0.1) is 0 Å². The fourth-order valence-electron chi connectivity index (χ4n) is 2.71. The number of hydrogen-bond donors (Lipinski definition) is 1. The molecule has 1 aromatic rings. The SMILES string of the molecule is CCNC(C)CCN1CCN(c2ccc(Cl)cc2)CC1. The molecule has 1 aliphatic rings. The molecule has 0 amide bonds. The molecule has 1 aromatic carbocycles. The van der Waals surface area contributed by atoms with E-state index in [0.717, 1.165) is 37.7 Å². The quantitative estimate of drug-likeness (QED) is 0.871. The number of hydrogen-bond acceptors (Lipinski definition) is 3. The van der Waals surface area contributed by atoms with Crippen molar-refractivity contribution in [3.8, 4) is 0 Å². The van der Waals surface area contributed by atoms with Crippen LogP contribution in [0.15, 0.2) is 24.3 Å². The number of nitrogens with zero attached hydrogens (tertiary/aromatic N) is 2. The van der Waals surface area contributed by atoms with Crippen LogP contribution in [0.4, 0.5) is 5.69 Å². The Morgan fingerprint density at radius 1 is 1.15 bits per heavy atom. The van der Waals surface area contributed by atoms with E-state index in [1.54, 1.807) is 0 Å². The molecule has 1 saturated heterocycles. The summed E-state index contributed by atoms with van der Waals surface area (Å²) in [4.78, 5) is 5.01. The Labute approximate surface area is 127 Å². The Bertz CT molecular complexity index is 385. The summed E-state index contributed by atoms with van der Waals surface area (Å²) >= 11 is 5.94. The van der Waals surface area contributed by atoms with Gasteiger partial charge in [0.2, 0.25) is 0 Å². The first-order valence-electron chi connectivity index (χ1n) is 7.65. The molecule has 0 spiro atoms. The van der Waals surface area contributed by atoms with E-state index in [4.69, 9.17) is 11.6 Å². The van der Waals surface area contributed by atoms with Crippen molar-refractivity contribution < 1.29 is 0 Å². The van der Waals surface area contributed by atoms with E-state index < -0.39 is 0 Å². The van der Waals surface area contributed by atoms with Crippen LogP contribution in [-0.2, 0) is 0 Å². The van der Waals surface area contributed by atoms with Crippen molar-refractivity contribution in [3.05, 3.63) is 29.3 Å². The molecule has 1 N–H and O–H groups in total. The van der Waals surface area contributed by atoms with E-state index in [1.165, 1.54) is 18.7 Å². The van der Waals surface area contributed by atoms with Gasteiger partial charge >= 0.3 is 0 Å². The zero-order valence-corrected chi connectivity index (χ0v) is 13.4. The summed E-state index contributed by atoms with van der Waals surface area (Å²) in [5.74, 6) is 0. The van der Waals surface area contributed by atoms with E-state index in [1.807, 2.05) is 12.1 Å². The fraction of sp³-hybridized carbons (Fsp3) is 0.625. The van der Waals surface area contributed by atoms with Crippen LogP contribution < -0.4 is 10.2 Å². The first-order valence-corrected chi connectivity index (χ1v) is 8.03. The zero-order valence-electron chi connectivity index (χ0n) is 12.6. The van der Waals surface area contributed by atoms with Gasteiger partial charge < -0.3 is 10.2 Å². The van der Waals surface area contributed by atoms with Gasteiger partial charge in [-0.25, -0.2) is 0 Å². The highest BCUT2D eigenvalue weighted by Crippen LogP contribution is 2.19. The van der Waals surface area contributed by atoms with E-state index in [2.05, 4.69) is 41.1 Å². The number of benzene rings is 1. The van der Waals surface area contributed by atoms with Crippen LogP contribution >= 0.6 is 11.6 Å². The van der Waals surface area contributed by atoms with Gasteiger partial charge in [-0.3, -0.25) is 4.90 Å². The molecule has 3 nitrogen and oxygen atoms in total. The third-order valence-electron chi connectivity index (χ3n) is 3.99. The van der Waals surface area contributed by atoms with Crippen molar-refractivity contribution in [2.45, 2.75) is 26.3 Å². The molecule has 20 heavy (non-hydrogen) atoms. The van der Waals surface area contributed by atoms with Crippen molar-refractivity contribution in [2.75, 3.05) is 44.2 Å². The molecule has 0 aromatic heterocycles. The van der Waals surface area contributed by atoms with Crippen LogP contribution in [0, 0.1) is 0 Å². The van der Waals surface area contributed by atoms with Crippen LogP contribution in [0.2, 0.25) is 5.02 Å². The minimum atomic E-state index is 0.620. The molecule has 1 fully saturated rings. The number of rotatable bonds is 6. The summed E-state index contributed by atoms with van der Waals surface area (Å²) in [5.41, 5.74) is 1.29. The molecule has 1 aliphatic heterocycles. The summed E-state index contributed by atoms with van der Waals surface area (Å²) in [6.07, 6.45) is 1.23. The normalized spacial score (nSPS) is 18.2. The predicted molar refractivity (Wildman–Crippen MR) is 87.9 cm³/mol. The Morgan fingerprint density at radius 2 is 1.80 bits per heavy atom. The highest BCUT2D eigenvalue weighted by Gasteiger charge is 2.17. The summed E-state index contributed by atoms with van der Waals surface area (Å²) in [5, 5.41) is 4.29. The molecule has 0 aliphatic carbocycles. The Hall–Kier alpha value is -0.770. The Kier molecular flexibility index (Phi) is 6.14. The van der Waals surface area contributed by atoms with Gasteiger partial charge in [-0.05, 0) is 50.7 Å². The number of piperazine rings is 1. The largest absolute Gasteiger partial charge is 0.369 e. The second-order valence-electron chi connectivity index (χ2n) is 5.55. The molecule has 1 heterocycles. The Morgan fingerprint density at radius 3 is 2.40 bits per heavy atom. The lowest BCUT2D eigenvalue weighted by Gasteiger charge is -2.36. The minimum absolute atomic E-state index is 0.620. The molecule has 0 radical (unpaired) electrons. The maximum atomic E-state index is 5.94. The highest BCUT2D eigenvalue weighted by atomic mass is 35.5. The summed E-state index contributed by atoms with van der Waals surface area (Å²) in [7, 11) is 0. The van der Waals surface area contributed by atoms with Crippen molar-refractivity contribution in [2.24, 2.45) is 0 Å². The lowest BCUT2D eigenvalue weighted by Crippen LogP contribution is -2.47. The smallest absolute Gasteiger partial charge is 0.0407 e. The fourth-order valence-corrected chi connectivity index (χ4v) is 2.83. The standard InChI is InChI=1S/C16H26ClN3/c1-3-18-14(2)8-9-19-10-12-20(13-11-19)16-6-4-15(17)5-7-16/h4-7,14,18H,3,8-13H2,1-2H3. The molecular formula is C16H26ClN3. The lowest BCUT2D eigenvalue weighted by molar-refractivity contribution is 0.245. The third kappa shape index (κ3) is 4.65. The van der Waals surface area contributed by atoms with Gasteiger partial charge in [0, 0.05) is 42.9 Å². The predicted octanol–water partition coefficient (Wildman–Crippen LogP) is 2.85. The van der Waals surface area contributed by atoms with Gasteiger partial charge in [0.1, 0.15) is 0 Å². The first kappa shape index (κ1) is 15.6. The highest BCUT2D eigenvalue weighted by molar-refractivity contribution is 6.30. The zero-order chi connectivity index (χ0) is 14.4. The van der Waals surface area contributed by atoms with E-state index in [-0.39, 0.29) is 0 Å². The number of halogens is 1. The van der Waals surface area contributed by atoms with Gasteiger partial charge in [-0.2, -0.15) is 0 Å². The molecule has 4 heteroatoms. The molecule has 0 saturated carbocycles. The third-order valence-corrected chi connectivity index (χ3v) is 4.25. The van der Waals surface area contributed by atoms with E-state index in [9.17, 15) is 0 Å². The molecule has 2 rings (SSSR count). The van der Waals surface area contributed by atoms with Crippen LogP contribution in [-0.4, -0.2) is 50.2 Å². The molecule has 112 valence electrons. The van der Waals surface area contributed by atoms with Gasteiger partial charge in [0.15, 0.2) is 0 Å². The lowest BCUT2D eigenvalue weighted by atomic mass is 10.2. The van der Waals surface area contributed by atoms with Crippen molar-refractivity contribution in [1.82, 2.24) is 10.2 Å².